The van der Waals surface area contributed by atoms with Crippen LogP contribution in [0.25, 0.3) is 0 Å². The minimum atomic E-state index is -0.379. The fraction of sp³-hybridized carbons (Fsp3) is 0.917. The summed E-state index contributed by atoms with van der Waals surface area (Å²) in [4.78, 5) is 11.2. The topological polar surface area (TPSA) is 55.1 Å². The number of amides is 1. The number of carbonyl (C=O) groups is 1. The summed E-state index contributed by atoms with van der Waals surface area (Å²) in [7, 11) is 0. The fourth-order valence-corrected chi connectivity index (χ4v) is 2.38. The molecule has 1 saturated carbocycles. The van der Waals surface area contributed by atoms with E-state index in [-0.39, 0.29) is 11.9 Å². The van der Waals surface area contributed by atoms with Crippen LogP contribution in [-0.2, 0) is 4.79 Å². The fourth-order valence-electron chi connectivity index (χ4n) is 2.38. The van der Waals surface area contributed by atoms with Gasteiger partial charge in [-0.25, -0.2) is 0 Å². The first kappa shape index (κ1) is 12.5. The van der Waals surface area contributed by atoms with E-state index >= 15 is 0 Å². The number of rotatable bonds is 4. The van der Waals surface area contributed by atoms with Crippen molar-refractivity contribution in [1.82, 2.24) is 5.32 Å². The van der Waals surface area contributed by atoms with E-state index in [1.54, 1.807) is 6.92 Å². The molecule has 0 aliphatic heterocycles. The van der Waals surface area contributed by atoms with Crippen molar-refractivity contribution in [3.05, 3.63) is 0 Å². The van der Waals surface area contributed by atoms with Gasteiger partial charge >= 0.3 is 0 Å². The molecule has 0 spiro atoms. The van der Waals surface area contributed by atoms with Crippen LogP contribution in [0.1, 0.15) is 46.0 Å². The average molecular weight is 212 g/mol. The minimum Gasteiger partial charge on any atom is -0.355 e. The highest BCUT2D eigenvalue weighted by atomic mass is 16.2. The number of nitrogens with one attached hydrogen (secondary N) is 1. The second-order valence-electron chi connectivity index (χ2n) is 5.01. The average Bonchev–Trinajstić information content (AvgIpc) is 2.17. The lowest BCUT2D eigenvalue weighted by Gasteiger charge is -2.26. The molecule has 1 aliphatic rings. The lowest BCUT2D eigenvalue weighted by Crippen LogP contribution is -2.39. The van der Waals surface area contributed by atoms with Gasteiger partial charge < -0.3 is 11.1 Å². The molecule has 0 radical (unpaired) electrons. The van der Waals surface area contributed by atoms with Crippen LogP contribution in [0.4, 0.5) is 0 Å². The first-order chi connectivity index (χ1) is 7.09. The zero-order chi connectivity index (χ0) is 11.3. The number of carbonyl (C=O) groups excluding carboxylic acids is 1. The molecular weight excluding hydrogens is 188 g/mol. The summed E-state index contributed by atoms with van der Waals surface area (Å²) in [5.41, 5.74) is 5.47. The van der Waals surface area contributed by atoms with Crippen LogP contribution in [0.2, 0.25) is 0 Å². The van der Waals surface area contributed by atoms with Gasteiger partial charge in [0, 0.05) is 6.54 Å². The molecule has 0 aromatic heterocycles. The molecule has 0 bridgehead atoms. The van der Waals surface area contributed by atoms with Crippen molar-refractivity contribution >= 4 is 5.91 Å². The van der Waals surface area contributed by atoms with Crippen molar-refractivity contribution in [3.63, 3.8) is 0 Å². The lowest BCUT2D eigenvalue weighted by atomic mass is 9.81. The summed E-state index contributed by atoms with van der Waals surface area (Å²) < 4.78 is 0. The Balaban J connectivity index is 2.11. The van der Waals surface area contributed by atoms with Gasteiger partial charge in [-0.3, -0.25) is 4.79 Å². The van der Waals surface area contributed by atoms with E-state index in [1.807, 2.05) is 0 Å². The van der Waals surface area contributed by atoms with Crippen LogP contribution in [0.5, 0.6) is 0 Å². The van der Waals surface area contributed by atoms with Gasteiger partial charge in [-0.15, -0.1) is 0 Å². The molecule has 0 heterocycles. The Morgan fingerprint density at radius 2 is 2.27 bits per heavy atom. The number of hydrogen-bond donors (Lipinski definition) is 2. The third kappa shape index (κ3) is 4.65. The van der Waals surface area contributed by atoms with Crippen molar-refractivity contribution < 1.29 is 4.79 Å². The Bertz CT molecular complexity index is 204. The van der Waals surface area contributed by atoms with Gasteiger partial charge in [0.1, 0.15) is 0 Å². The molecule has 0 saturated heterocycles. The van der Waals surface area contributed by atoms with Gasteiger partial charge in [0.2, 0.25) is 5.91 Å². The first-order valence-electron chi connectivity index (χ1n) is 6.13. The molecule has 3 unspecified atom stereocenters. The van der Waals surface area contributed by atoms with E-state index in [2.05, 4.69) is 12.2 Å². The van der Waals surface area contributed by atoms with Crippen molar-refractivity contribution in [2.45, 2.75) is 52.0 Å². The molecule has 0 aromatic carbocycles. The van der Waals surface area contributed by atoms with Gasteiger partial charge in [-0.2, -0.15) is 0 Å². The summed E-state index contributed by atoms with van der Waals surface area (Å²) in [6, 6.07) is -0.379. The largest absolute Gasteiger partial charge is 0.355 e. The third-order valence-electron chi connectivity index (χ3n) is 3.31. The third-order valence-corrected chi connectivity index (χ3v) is 3.31. The summed E-state index contributed by atoms with van der Waals surface area (Å²) in [6.07, 6.45) is 6.50. The van der Waals surface area contributed by atoms with Crippen molar-refractivity contribution in [3.8, 4) is 0 Å². The van der Waals surface area contributed by atoms with Gasteiger partial charge in [-0.1, -0.05) is 26.2 Å². The second kappa shape index (κ2) is 6.11. The maximum Gasteiger partial charge on any atom is 0.236 e. The normalized spacial score (nSPS) is 28.5. The van der Waals surface area contributed by atoms with E-state index in [1.165, 1.54) is 25.7 Å². The first-order valence-corrected chi connectivity index (χ1v) is 6.13. The van der Waals surface area contributed by atoms with E-state index < -0.39 is 0 Å². The summed E-state index contributed by atoms with van der Waals surface area (Å²) >= 11 is 0. The van der Waals surface area contributed by atoms with Crippen LogP contribution in [0.3, 0.4) is 0 Å². The highest BCUT2D eigenvalue weighted by Gasteiger charge is 2.18. The molecule has 3 N–H and O–H groups in total. The zero-order valence-corrected chi connectivity index (χ0v) is 9.96. The van der Waals surface area contributed by atoms with E-state index in [0.29, 0.717) is 0 Å². The molecule has 15 heavy (non-hydrogen) atoms. The molecule has 88 valence electrons. The summed E-state index contributed by atoms with van der Waals surface area (Å²) in [5, 5.41) is 2.88. The van der Waals surface area contributed by atoms with E-state index in [0.717, 1.165) is 24.8 Å². The van der Waals surface area contributed by atoms with E-state index in [9.17, 15) is 4.79 Å². The quantitative estimate of drug-likeness (QED) is 0.744. The van der Waals surface area contributed by atoms with Gasteiger partial charge in [-0.05, 0) is 31.6 Å². The molecular formula is C12H24N2O. The predicted octanol–water partition coefficient (Wildman–Crippen LogP) is 1.67. The second-order valence-corrected chi connectivity index (χ2v) is 5.01. The highest BCUT2D eigenvalue weighted by molar-refractivity contribution is 5.80. The van der Waals surface area contributed by atoms with Crippen LogP contribution < -0.4 is 11.1 Å². The molecule has 1 fully saturated rings. The Labute approximate surface area is 92.8 Å². The molecule has 3 nitrogen and oxygen atoms in total. The molecule has 0 aromatic rings. The van der Waals surface area contributed by atoms with Crippen LogP contribution in [-0.4, -0.2) is 18.5 Å². The maximum atomic E-state index is 11.2. The zero-order valence-electron chi connectivity index (χ0n) is 9.96. The highest BCUT2D eigenvalue weighted by Crippen LogP contribution is 2.30. The molecule has 1 rings (SSSR count). The van der Waals surface area contributed by atoms with Crippen LogP contribution >= 0.6 is 0 Å². The SMILES string of the molecule is CC1CCCC(CCNC(=O)C(C)N)C1. The van der Waals surface area contributed by atoms with E-state index in [4.69, 9.17) is 5.73 Å². The van der Waals surface area contributed by atoms with Crippen LogP contribution in [0.15, 0.2) is 0 Å². The van der Waals surface area contributed by atoms with Crippen molar-refractivity contribution in [1.29, 1.82) is 0 Å². The standard InChI is InChI=1S/C12H24N2O/c1-9-4-3-5-11(8-9)6-7-14-12(15)10(2)13/h9-11H,3-8,13H2,1-2H3,(H,14,15). The monoisotopic (exact) mass is 212 g/mol. The van der Waals surface area contributed by atoms with Crippen LogP contribution in [0, 0.1) is 11.8 Å². The molecule has 3 heteroatoms. The smallest absolute Gasteiger partial charge is 0.236 e. The van der Waals surface area contributed by atoms with Gasteiger partial charge in [0.05, 0.1) is 6.04 Å². The summed E-state index contributed by atoms with van der Waals surface area (Å²) in [5.74, 6) is 1.65. The van der Waals surface area contributed by atoms with Crippen molar-refractivity contribution in [2.24, 2.45) is 17.6 Å². The Kier molecular flexibility index (Phi) is 5.09. The Morgan fingerprint density at radius 3 is 2.87 bits per heavy atom. The number of nitrogens with two attached hydrogens (primary N) is 1. The molecule has 1 aliphatic carbocycles. The van der Waals surface area contributed by atoms with Gasteiger partial charge in [0.25, 0.3) is 0 Å². The van der Waals surface area contributed by atoms with Gasteiger partial charge in [0.15, 0.2) is 0 Å². The Hall–Kier alpha value is -0.570. The van der Waals surface area contributed by atoms with Crippen molar-refractivity contribution in [2.75, 3.05) is 6.54 Å². The predicted molar refractivity (Wildman–Crippen MR) is 62.4 cm³/mol. The number of hydrogen-bond acceptors (Lipinski definition) is 2. The Morgan fingerprint density at radius 1 is 1.53 bits per heavy atom. The molecule has 1 amide bonds. The maximum absolute atomic E-state index is 11.2. The lowest BCUT2D eigenvalue weighted by molar-refractivity contribution is -0.122. The minimum absolute atomic E-state index is 0.0288. The molecule has 3 atom stereocenters. The summed E-state index contributed by atoms with van der Waals surface area (Å²) in [6.45, 7) is 4.84.